The van der Waals surface area contributed by atoms with E-state index in [9.17, 15) is 28.0 Å². The maximum absolute atomic E-state index is 13.7. The molecule has 0 atom stereocenters. The zero-order valence-electron chi connectivity index (χ0n) is 21.6. The Morgan fingerprint density at radius 1 is 1.07 bits per heavy atom. The first kappa shape index (κ1) is 27.1. The molecule has 4 aromatic rings. The van der Waals surface area contributed by atoms with E-state index in [4.69, 9.17) is 9.47 Å². The van der Waals surface area contributed by atoms with Gasteiger partial charge in [0, 0.05) is 19.2 Å². The molecule has 5 rings (SSSR count). The fourth-order valence-electron chi connectivity index (χ4n) is 4.76. The molecule has 0 radical (unpaired) electrons. The molecule has 0 aliphatic carbocycles. The highest BCUT2D eigenvalue weighted by Gasteiger charge is 2.31. The average Bonchev–Trinajstić information content (AvgIpc) is 3.61. The number of hydrogen-bond donors (Lipinski definition) is 0. The van der Waals surface area contributed by atoms with Crippen molar-refractivity contribution in [3.05, 3.63) is 98.0 Å². The molecule has 40 heavy (non-hydrogen) atoms. The van der Waals surface area contributed by atoms with E-state index in [1.807, 2.05) is 0 Å². The molecule has 206 valence electrons. The lowest BCUT2D eigenvalue weighted by molar-refractivity contribution is -0.137. The number of benzene rings is 2. The van der Waals surface area contributed by atoms with Gasteiger partial charge in [-0.1, -0.05) is 6.07 Å². The van der Waals surface area contributed by atoms with E-state index in [2.05, 4.69) is 11.2 Å². The quantitative estimate of drug-likeness (QED) is 0.360. The molecule has 0 amide bonds. The molecule has 0 unspecified atom stereocenters. The number of aromatic nitrogens is 4. The summed E-state index contributed by atoms with van der Waals surface area (Å²) in [4.78, 5) is 26.9. The number of nitriles is 1. The molecule has 0 N–H and O–H groups in total. The van der Waals surface area contributed by atoms with Crippen LogP contribution >= 0.6 is 0 Å². The van der Waals surface area contributed by atoms with Gasteiger partial charge in [-0.25, -0.2) is 9.48 Å². The molecule has 2 aromatic heterocycles. The number of nitrogens with zero attached hydrogens (tertiary/aromatic N) is 5. The Kier molecular flexibility index (Phi) is 7.18. The van der Waals surface area contributed by atoms with Crippen LogP contribution in [-0.2, 0) is 29.1 Å². The first-order valence-corrected chi connectivity index (χ1v) is 12.4. The molecular weight excluding hydrogens is 527 g/mol. The SMILES string of the molecule is Cc1c(-c2c(CCC3OCCO3)cnn2-c2ccc(C#N)cc2)c(=O)n(C)c(=O)n1-c1cccc(C(F)(F)F)c1. The van der Waals surface area contributed by atoms with Gasteiger partial charge in [0.05, 0.1) is 59.2 Å². The van der Waals surface area contributed by atoms with Gasteiger partial charge in [-0.2, -0.15) is 23.5 Å². The predicted molar refractivity (Wildman–Crippen MR) is 138 cm³/mol. The summed E-state index contributed by atoms with van der Waals surface area (Å²) in [5.74, 6) is 0. The Hall–Kier alpha value is -4.47. The molecule has 1 fully saturated rings. The first-order chi connectivity index (χ1) is 19.1. The molecule has 9 nitrogen and oxygen atoms in total. The highest BCUT2D eigenvalue weighted by molar-refractivity contribution is 5.68. The zero-order valence-corrected chi connectivity index (χ0v) is 21.6. The third-order valence-electron chi connectivity index (χ3n) is 6.79. The van der Waals surface area contributed by atoms with Crippen LogP contribution in [0.3, 0.4) is 0 Å². The van der Waals surface area contributed by atoms with E-state index in [1.54, 1.807) is 30.5 Å². The molecule has 0 spiro atoms. The van der Waals surface area contributed by atoms with E-state index in [0.717, 1.165) is 21.3 Å². The van der Waals surface area contributed by atoms with Gasteiger partial charge in [-0.15, -0.1) is 0 Å². The highest BCUT2D eigenvalue weighted by Crippen LogP contribution is 2.32. The number of rotatable bonds is 6. The van der Waals surface area contributed by atoms with Gasteiger partial charge in [0.2, 0.25) is 0 Å². The molecule has 12 heteroatoms. The lowest BCUT2D eigenvalue weighted by atomic mass is 10.0. The summed E-state index contributed by atoms with van der Waals surface area (Å²) in [5.41, 5.74) is -0.119. The van der Waals surface area contributed by atoms with Crippen LogP contribution in [0.2, 0.25) is 0 Å². The minimum absolute atomic E-state index is 0.0343. The van der Waals surface area contributed by atoms with Gasteiger partial charge in [-0.05, 0) is 61.4 Å². The van der Waals surface area contributed by atoms with Crippen LogP contribution in [0.15, 0.2) is 64.3 Å². The van der Waals surface area contributed by atoms with Gasteiger partial charge < -0.3 is 9.47 Å². The van der Waals surface area contributed by atoms with Crippen LogP contribution in [-0.4, -0.2) is 38.4 Å². The minimum atomic E-state index is -4.62. The first-order valence-electron chi connectivity index (χ1n) is 12.4. The number of hydrogen-bond acceptors (Lipinski definition) is 6. The molecule has 3 heterocycles. The summed E-state index contributed by atoms with van der Waals surface area (Å²) in [5, 5.41) is 13.7. The molecule has 2 aromatic carbocycles. The van der Waals surface area contributed by atoms with E-state index in [1.165, 1.54) is 30.8 Å². The number of ether oxygens (including phenoxy) is 2. The van der Waals surface area contributed by atoms with Crippen LogP contribution in [0.1, 0.15) is 28.8 Å². The minimum Gasteiger partial charge on any atom is -0.350 e. The largest absolute Gasteiger partial charge is 0.416 e. The smallest absolute Gasteiger partial charge is 0.350 e. The summed E-state index contributed by atoms with van der Waals surface area (Å²) >= 11 is 0. The molecular formula is C28H24F3N5O4. The Labute approximate surface area is 226 Å². The maximum Gasteiger partial charge on any atom is 0.416 e. The summed E-state index contributed by atoms with van der Waals surface area (Å²) in [7, 11) is 1.28. The van der Waals surface area contributed by atoms with Crippen molar-refractivity contribution in [3.8, 4) is 28.7 Å². The third-order valence-corrected chi connectivity index (χ3v) is 6.79. The van der Waals surface area contributed by atoms with Crippen molar-refractivity contribution in [1.29, 1.82) is 5.26 Å². The maximum atomic E-state index is 13.7. The summed E-state index contributed by atoms with van der Waals surface area (Å²) < 4.78 is 55.1. The number of aryl methyl sites for hydroxylation is 1. The summed E-state index contributed by atoms with van der Waals surface area (Å²) in [6, 6.07) is 13.0. The lowest BCUT2D eigenvalue weighted by Crippen LogP contribution is -2.40. The van der Waals surface area contributed by atoms with E-state index in [0.29, 0.717) is 48.6 Å². The fraction of sp³-hybridized carbons (Fsp3) is 0.286. The van der Waals surface area contributed by atoms with Crippen molar-refractivity contribution in [3.63, 3.8) is 0 Å². The van der Waals surface area contributed by atoms with E-state index in [-0.39, 0.29) is 16.9 Å². The van der Waals surface area contributed by atoms with E-state index >= 15 is 0 Å². The Bertz CT molecular complexity index is 1720. The summed E-state index contributed by atoms with van der Waals surface area (Å²) in [6.07, 6.45) is -2.57. The number of halogens is 3. The molecule has 1 aliphatic rings. The fourth-order valence-corrected chi connectivity index (χ4v) is 4.76. The Balaban J connectivity index is 1.74. The van der Waals surface area contributed by atoms with Crippen LogP contribution in [0.4, 0.5) is 13.2 Å². The van der Waals surface area contributed by atoms with Gasteiger partial charge in [0.25, 0.3) is 5.56 Å². The monoisotopic (exact) mass is 551 g/mol. The predicted octanol–water partition coefficient (Wildman–Crippen LogP) is 3.89. The summed E-state index contributed by atoms with van der Waals surface area (Å²) in [6.45, 7) is 2.47. The Morgan fingerprint density at radius 2 is 1.77 bits per heavy atom. The van der Waals surface area contributed by atoms with Crippen molar-refractivity contribution in [2.45, 2.75) is 32.2 Å². The second-order valence-electron chi connectivity index (χ2n) is 9.29. The molecule has 1 saturated heterocycles. The second-order valence-corrected chi connectivity index (χ2v) is 9.29. The van der Waals surface area contributed by atoms with Crippen molar-refractivity contribution in [2.24, 2.45) is 7.05 Å². The van der Waals surface area contributed by atoms with Crippen molar-refractivity contribution in [1.82, 2.24) is 18.9 Å². The second kappa shape index (κ2) is 10.6. The average molecular weight is 552 g/mol. The number of alkyl halides is 3. The lowest BCUT2D eigenvalue weighted by Gasteiger charge is -2.19. The zero-order chi connectivity index (χ0) is 28.6. The molecule has 0 saturated carbocycles. The topological polar surface area (TPSA) is 104 Å². The van der Waals surface area contributed by atoms with Crippen LogP contribution in [0, 0.1) is 18.3 Å². The van der Waals surface area contributed by atoms with Crippen molar-refractivity contribution < 1.29 is 22.6 Å². The standard InChI is InChI=1S/C28H24F3N5O4/c1-17-24(26(37)34(2)27(38)35(17)22-5-3-4-20(14-22)28(29,30)31)25-19(8-11-23-39-12-13-40-23)16-33-36(25)21-9-6-18(15-32)7-10-21/h3-7,9-10,14,16,23H,8,11-13H2,1-2H3. The van der Waals surface area contributed by atoms with Gasteiger partial charge >= 0.3 is 11.9 Å². The normalized spacial score (nSPS) is 14.0. The molecule has 1 aliphatic heterocycles. The highest BCUT2D eigenvalue weighted by atomic mass is 19.4. The van der Waals surface area contributed by atoms with E-state index < -0.39 is 29.3 Å². The van der Waals surface area contributed by atoms with Crippen LogP contribution in [0.5, 0.6) is 0 Å². The van der Waals surface area contributed by atoms with Gasteiger partial charge in [0.15, 0.2) is 6.29 Å². The Morgan fingerprint density at radius 3 is 2.42 bits per heavy atom. The van der Waals surface area contributed by atoms with Crippen molar-refractivity contribution >= 4 is 0 Å². The van der Waals surface area contributed by atoms with Crippen LogP contribution in [0.25, 0.3) is 22.6 Å². The van der Waals surface area contributed by atoms with Gasteiger partial charge in [0.1, 0.15) is 0 Å². The molecule has 0 bridgehead atoms. The van der Waals surface area contributed by atoms with Crippen LogP contribution < -0.4 is 11.2 Å². The van der Waals surface area contributed by atoms with Gasteiger partial charge in [-0.3, -0.25) is 13.9 Å². The van der Waals surface area contributed by atoms with Crippen molar-refractivity contribution in [2.75, 3.05) is 13.2 Å². The third kappa shape index (κ3) is 4.97.